The van der Waals surface area contributed by atoms with Crippen LogP contribution in [-0.4, -0.2) is 10.7 Å². The van der Waals surface area contributed by atoms with Crippen LogP contribution in [0.3, 0.4) is 0 Å². The Bertz CT molecular complexity index is 1090. The van der Waals surface area contributed by atoms with E-state index < -0.39 is 11.7 Å². The lowest BCUT2D eigenvalue weighted by atomic mass is 10.2. The molecule has 0 aliphatic rings. The minimum atomic E-state index is -4.47. The number of aromatic nitrogens is 1. The quantitative estimate of drug-likeness (QED) is 0.373. The summed E-state index contributed by atoms with van der Waals surface area (Å²) in [7, 11) is 0. The molecule has 0 spiro atoms. The van der Waals surface area contributed by atoms with Crippen LogP contribution in [0.15, 0.2) is 52.9 Å². The van der Waals surface area contributed by atoms with E-state index in [1.165, 1.54) is 23.5 Å². The molecule has 1 aromatic heterocycles. The number of hydrogen-bond donors (Lipinski definition) is 1. The van der Waals surface area contributed by atoms with Crippen molar-refractivity contribution >= 4 is 45.9 Å². The smallest absolute Gasteiger partial charge is 0.277 e. The van der Waals surface area contributed by atoms with Crippen molar-refractivity contribution in [3.8, 4) is 17.3 Å². The van der Waals surface area contributed by atoms with E-state index in [1.807, 2.05) is 6.07 Å². The molecule has 0 amide bonds. The summed E-state index contributed by atoms with van der Waals surface area (Å²) in [6, 6.07) is 11.4. The van der Waals surface area contributed by atoms with Crippen LogP contribution in [0.25, 0.3) is 11.3 Å². The molecule has 10 heteroatoms. The van der Waals surface area contributed by atoms with Crippen LogP contribution in [0, 0.1) is 11.3 Å². The Hall–Kier alpha value is -2.60. The van der Waals surface area contributed by atoms with Gasteiger partial charge in [0.05, 0.1) is 27.0 Å². The van der Waals surface area contributed by atoms with Crippen LogP contribution >= 0.6 is 34.5 Å². The summed E-state index contributed by atoms with van der Waals surface area (Å²) in [5.74, 6) is 0. The molecule has 0 fully saturated rings. The summed E-state index contributed by atoms with van der Waals surface area (Å²) < 4.78 is 38.3. The molecule has 0 aliphatic carbocycles. The molecule has 0 saturated carbocycles. The lowest BCUT2D eigenvalue weighted by molar-refractivity contribution is -0.137. The average molecular weight is 441 g/mol. The average Bonchev–Trinajstić information content (AvgIpc) is 3.14. The van der Waals surface area contributed by atoms with E-state index in [0.717, 1.165) is 12.1 Å². The summed E-state index contributed by atoms with van der Waals surface area (Å²) in [5.41, 5.74) is 2.97. The van der Waals surface area contributed by atoms with Crippen LogP contribution in [-0.2, 0) is 6.18 Å². The van der Waals surface area contributed by atoms with E-state index in [0.29, 0.717) is 26.3 Å². The number of nitriles is 1. The molecule has 4 nitrogen and oxygen atoms in total. The highest BCUT2D eigenvalue weighted by Crippen LogP contribution is 2.31. The van der Waals surface area contributed by atoms with Gasteiger partial charge < -0.3 is 0 Å². The highest BCUT2D eigenvalue weighted by Gasteiger charge is 2.30. The van der Waals surface area contributed by atoms with Crippen LogP contribution < -0.4 is 5.43 Å². The van der Waals surface area contributed by atoms with Gasteiger partial charge in [0.1, 0.15) is 6.07 Å². The zero-order valence-corrected chi connectivity index (χ0v) is 16.1. The molecular formula is C18H9Cl2F3N4S. The summed E-state index contributed by atoms with van der Waals surface area (Å²) in [4.78, 5) is 4.34. The van der Waals surface area contributed by atoms with Gasteiger partial charge >= 0.3 is 6.18 Å². The van der Waals surface area contributed by atoms with Gasteiger partial charge in [-0.05, 0) is 30.3 Å². The van der Waals surface area contributed by atoms with Gasteiger partial charge in [-0.15, -0.1) is 11.3 Å². The number of nitrogens with one attached hydrogen (secondary N) is 1. The Morgan fingerprint density at radius 2 is 1.93 bits per heavy atom. The van der Waals surface area contributed by atoms with Crippen molar-refractivity contribution in [3.63, 3.8) is 0 Å². The molecule has 0 radical (unpaired) electrons. The highest BCUT2D eigenvalue weighted by molar-refractivity contribution is 7.12. The maximum absolute atomic E-state index is 12.8. The van der Waals surface area contributed by atoms with Crippen molar-refractivity contribution < 1.29 is 13.2 Å². The maximum atomic E-state index is 12.8. The largest absolute Gasteiger partial charge is 0.416 e. The Balaban J connectivity index is 1.83. The molecule has 2 aromatic carbocycles. The van der Waals surface area contributed by atoms with Crippen LogP contribution in [0.5, 0.6) is 0 Å². The monoisotopic (exact) mass is 440 g/mol. The molecule has 3 aromatic rings. The zero-order valence-electron chi connectivity index (χ0n) is 13.8. The Morgan fingerprint density at radius 1 is 1.14 bits per heavy atom. The molecule has 0 bridgehead atoms. The fourth-order valence-corrected chi connectivity index (χ4v) is 3.24. The Kier molecular flexibility index (Phi) is 5.89. The van der Waals surface area contributed by atoms with Gasteiger partial charge in [-0.3, -0.25) is 5.43 Å². The van der Waals surface area contributed by atoms with Crippen molar-refractivity contribution in [2.75, 3.05) is 5.43 Å². The number of halogens is 5. The van der Waals surface area contributed by atoms with E-state index in [1.54, 1.807) is 23.6 Å². The number of benzene rings is 2. The van der Waals surface area contributed by atoms with E-state index in [2.05, 4.69) is 15.5 Å². The number of anilines is 1. The molecular weight excluding hydrogens is 432 g/mol. The van der Waals surface area contributed by atoms with Crippen LogP contribution in [0.4, 0.5) is 18.9 Å². The molecule has 0 unspecified atom stereocenters. The summed E-state index contributed by atoms with van der Waals surface area (Å²) >= 11 is 13.1. The minimum absolute atomic E-state index is 0.0614. The lowest BCUT2D eigenvalue weighted by Gasteiger charge is -2.08. The molecule has 3 rings (SSSR count). The Morgan fingerprint density at radius 3 is 2.61 bits per heavy atom. The molecule has 0 aliphatic heterocycles. The molecule has 142 valence electrons. The number of nitrogens with zero attached hydrogens (tertiary/aromatic N) is 3. The molecule has 0 atom stereocenters. The SMILES string of the molecule is N#C/C(=N\Nc1cccc(C(F)(F)F)c1)c1nc(-c2ccc(Cl)c(Cl)c2)cs1. The van der Waals surface area contributed by atoms with Crippen LogP contribution in [0.2, 0.25) is 10.0 Å². The Labute approximate surface area is 171 Å². The number of hydrazone groups is 1. The first-order valence-corrected chi connectivity index (χ1v) is 9.24. The van der Waals surface area contributed by atoms with Gasteiger partial charge in [0.15, 0.2) is 10.7 Å². The number of thiazole rings is 1. The lowest BCUT2D eigenvalue weighted by Crippen LogP contribution is -2.06. The van der Waals surface area contributed by atoms with E-state index in [4.69, 9.17) is 23.2 Å². The number of hydrogen-bond acceptors (Lipinski definition) is 5. The van der Waals surface area contributed by atoms with Crippen molar-refractivity contribution in [2.45, 2.75) is 6.18 Å². The van der Waals surface area contributed by atoms with Gasteiger partial charge in [0, 0.05) is 10.9 Å². The first-order valence-electron chi connectivity index (χ1n) is 7.60. The van der Waals surface area contributed by atoms with Gasteiger partial charge in [-0.25, -0.2) is 4.98 Å². The van der Waals surface area contributed by atoms with Crippen molar-refractivity contribution in [3.05, 3.63) is 68.5 Å². The molecule has 1 N–H and O–H groups in total. The number of alkyl halides is 3. The maximum Gasteiger partial charge on any atom is 0.416 e. The first-order chi connectivity index (χ1) is 13.3. The van der Waals surface area contributed by atoms with Gasteiger partial charge in [0.25, 0.3) is 0 Å². The highest BCUT2D eigenvalue weighted by atomic mass is 35.5. The second kappa shape index (κ2) is 8.19. The molecule has 1 heterocycles. The second-order valence-electron chi connectivity index (χ2n) is 5.43. The third-order valence-corrected chi connectivity index (χ3v) is 5.10. The van der Waals surface area contributed by atoms with E-state index in [9.17, 15) is 18.4 Å². The second-order valence-corrected chi connectivity index (χ2v) is 7.10. The summed E-state index contributed by atoms with van der Waals surface area (Å²) in [6.07, 6.45) is -4.47. The van der Waals surface area contributed by atoms with Gasteiger partial charge in [-0.2, -0.15) is 23.5 Å². The van der Waals surface area contributed by atoms with Crippen molar-refractivity contribution in [2.24, 2.45) is 5.10 Å². The predicted octanol–water partition coefficient (Wildman–Crippen LogP) is 6.48. The van der Waals surface area contributed by atoms with Crippen molar-refractivity contribution in [1.29, 1.82) is 5.26 Å². The molecule has 0 saturated heterocycles. The third kappa shape index (κ3) is 4.62. The van der Waals surface area contributed by atoms with Crippen LogP contribution in [0.1, 0.15) is 10.6 Å². The first kappa shape index (κ1) is 20.1. The van der Waals surface area contributed by atoms with E-state index >= 15 is 0 Å². The third-order valence-electron chi connectivity index (χ3n) is 3.51. The zero-order chi connectivity index (χ0) is 20.3. The minimum Gasteiger partial charge on any atom is -0.277 e. The normalized spacial score (nSPS) is 11.9. The fourth-order valence-electron chi connectivity index (χ4n) is 2.18. The topological polar surface area (TPSA) is 61.1 Å². The van der Waals surface area contributed by atoms with Gasteiger partial charge in [0.2, 0.25) is 0 Å². The summed E-state index contributed by atoms with van der Waals surface area (Å²) in [5, 5.41) is 16.0. The fraction of sp³-hybridized carbons (Fsp3) is 0.0556. The number of rotatable bonds is 4. The summed E-state index contributed by atoms with van der Waals surface area (Å²) in [6.45, 7) is 0. The van der Waals surface area contributed by atoms with Gasteiger partial charge in [-0.1, -0.05) is 35.3 Å². The van der Waals surface area contributed by atoms with Crippen molar-refractivity contribution in [1.82, 2.24) is 4.98 Å². The molecule has 28 heavy (non-hydrogen) atoms. The predicted molar refractivity (Wildman–Crippen MR) is 105 cm³/mol. The van der Waals surface area contributed by atoms with E-state index in [-0.39, 0.29) is 11.4 Å². The standard InChI is InChI=1S/C18H9Cl2F3N4S/c19-13-5-4-10(6-14(13)20)16-9-28-17(25-16)15(8-24)27-26-12-3-1-2-11(7-12)18(21,22)23/h1-7,9,26H/b27-15+.